The number of carbonyl (C=O) groups excluding carboxylic acids is 1. The largest absolute Gasteiger partial charge is 0.336 e. The van der Waals surface area contributed by atoms with Gasteiger partial charge in [-0.05, 0) is 12.5 Å². The Hall–Kier alpha value is -1.35. The molecule has 0 spiro atoms. The first-order valence-electron chi connectivity index (χ1n) is 5.33. The molecule has 3 nitrogen and oxygen atoms in total. The van der Waals surface area contributed by atoms with Crippen molar-refractivity contribution < 1.29 is 4.79 Å². The van der Waals surface area contributed by atoms with Crippen LogP contribution in [-0.2, 0) is 11.3 Å². The molecule has 1 aliphatic rings. The van der Waals surface area contributed by atoms with Crippen LogP contribution in [0.4, 0.5) is 0 Å². The van der Waals surface area contributed by atoms with E-state index >= 15 is 0 Å². The second kappa shape index (κ2) is 4.45. The highest BCUT2D eigenvalue weighted by molar-refractivity contribution is 5.82. The number of nitrogens with one attached hydrogen (secondary N) is 1. The number of hydrogen-bond donors (Lipinski definition) is 1. The van der Waals surface area contributed by atoms with Gasteiger partial charge in [0.25, 0.3) is 0 Å². The molecule has 1 atom stereocenters. The summed E-state index contributed by atoms with van der Waals surface area (Å²) in [6.07, 6.45) is 0. The van der Waals surface area contributed by atoms with Gasteiger partial charge in [-0.2, -0.15) is 0 Å². The zero-order valence-electron chi connectivity index (χ0n) is 8.94. The van der Waals surface area contributed by atoms with E-state index in [9.17, 15) is 4.79 Å². The third kappa shape index (κ3) is 2.36. The van der Waals surface area contributed by atoms with E-state index < -0.39 is 0 Å². The maximum Gasteiger partial charge on any atom is 0.239 e. The highest BCUT2D eigenvalue weighted by Gasteiger charge is 2.24. The minimum Gasteiger partial charge on any atom is -0.336 e. The summed E-state index contributed by atoms with van der Waals surface area (Å²) < 4.78 is 0. The van der Waals surface area contributed by atoms with Crippen LogP contribution < -0.4 is 5.32 Å². The van der Waals surface area contributed by atoms with E-state index in [2.05, 4.69) is 17.4 Å². The molecule has 80 valence electrons. The summed E-state index contributed by atoms with van der Waals surface area (Å²) in [4.78, 5) is 13.7. The summed E-state index contributed by atoms with van der Waals surface area (Å²) in [6.45, 7) is 4.34. The zero-order chi connectivity index (χ0) is 10.7. The summed E-state index contributed by atoms with van der Waals surface area (Å²) in [5.74, 6) is 0.199. The lowest BCUT2D eigenvalue weighted by molar-refractivity contribution is -0.135. The first-order chi connectivity index (χ1) is 7.27. The van der Waals surface area contributed by atoms with E-state index in [1.807, 2.05) is 30.0 Å². The van der Waals surface area contributed by atoms with Crippen molar-refractivity contribution in [1.82, 2.24) is 10.2 Å². The van der Waals surface area contributed by atoms with Crippen molar-refractivity contribution in [2.45, 2.75) is 19.5 Å². The topological polar surface area (TPSA) is 32.3 Å². The lowest BCUT2D eigenvalue weighted by Gasteiger charge is -2.31. The molecular formula is C12H16N2O. The molecule has 0 saturated carbocycles. The van der Waals surface area contributed by atoms with Crippen molar-refractivity contribution in [1.29, 1.82) is 0 Å². The molecule has 2 rings (SSSR count). The molecule has 0 unspecified atom stereocenters. The van der Waals surface area contributed by atoms with Gasteiger partial charge in [-0.25, -0.2) is 0 Å². The van der Waals surface area contributed by atoms with Crippen molar-refractivity contribution >= 4 is 5.91 Å². The molecule has 1 N–H and O–H groups in total. The van der Waals surface area contributed by atoms with Crippen LogP contribution >= 0.6 is 0 Å². The molecule has 0 radical (unpaired) electrons. The van der Waals surface area contributed by atoms with Gasteiger partial charge in [-0.15, -0.1) is 0 Å². The van der Waals surface area contributed by atoms with Crippen LogP contribution in [0.1, 0.15) is 12.5 Å². The van der Waals surface area contributed by atoms with Gasteiger partial charge in [0.1, 0.15) is 0 Å². The van der Waals surface area contributed by atoms with Gasteiger partial charge in [0.05, 0.1) is 6.04 Å². The Balaban J connectivity index is 2.03. The van der Waals surface area contributed by atoms with E-state index in [4.69, 9.17) is 0 Å². The van der Waals surface area contributed by atoms with E-state index in [-0.39, 0.29) is 11.9 Å². The molecule has 1 aromatic rings. The minimum atomic E-state index is -0.0394. The monoisotopic (exact) mass is 204 g/mol. The van der Waals surface area contributed by atoms with Gasteiger partial charge in [0.2, 0.25) is 5.91 Å². The van der Waals surface area contributed by atoms with Crippen molar-refractivity contribution in [3.63, 3.8) is 0 Å². The average molecular weight is 204 g/mol. The van der Waals surface area contributed by atoms with Crippen LogP contribution in [0.15, 0.2) is 30.3 Å². The molecule has 15 heavy (non-hydrogen) atoms. The summed E-state index contributed by atoms with van der Waals surface area (Å²) in [7, 11) is 0. The SMILES string of the molecule is C[C@@H]1NCCN(Cc2ccccc2)C1=O. The standard InChI is InChI=1S/C12H16N2O/c1-10-12(15)14(8-7-13-10)9-11-5-3-2-4-6-11/h2-6,10,13H,7-9H2,1H3/t10-/m0/s1. The zero-order valence-corrected chi connectivity index (χ0v) is 8.94. The van der Waals surface area contributed by atoms with Gasteiger partial charge in [0.15, 0.2) is 0 Å². The highest BCUT2D eigenvalue weighted by atomic mass is 16.2. The summed E-state index contributed by atoms with van der Waals surface area (Å²) in [5.41, 5.74) is 1.19. The Morgan fingerprint density at radius 2 is 2.13 bits per heavy atom. The molecule has 0 aliphatic carbocycles. The highest BCUT2D eigenvalue weighted by Crippen LogP contribution is 2.08. The first-order valence-corrected chi connectivity index (χ1v) is 5.33. The van der Waals surface area contributed by atoms with Crippen LogP contribution in [0.3, 0.4) is 0 Å². The molecule has 1 fully saturated rings. The fourth-order valence-corrected chi connectivity index (χ4v) is 1.85. The quantitative estimate of drug-likeness (QED) is 0.779. The Morgan fingerprint density at radius 1 is 1.40 bits per heavy atom. The molecule has 1 aromatic carbocycles. The fourth-order valence-electron chi connectivity index (χ4n) is 1.85. The number of amides is 1. The second-order valence-corrected chi connectivity index (χ2v) is 3.92. The molecule has 0 aromatic heterocycles. The maximum absolute atomic E-state index is 11.8. The summed E-state index contributed by atoms with van der Waals surface area (Å²) >= 11 is 0. The third-order valence-corrected chi connectivity index (χ3v) is 2.73. The van der Waals surface area contributed by atoms with Crippen molar-refractivity contribution in [3.8, 4) is 0 Å². The Kier molecular flexibility index (Phi) is 3.02. The summed E-state index contributed by atoms with van der Waals surface area (Å²) in [5, 5.41) is 3.16. The van der Waals surface area contributed by atoms with E-state index in [1.165, 1.54) is 5.56 Å². The van der Waals surface area contributed by atoms with Crippen molar-refractivity contribution in [2.24, 2.45) is 0 Å². The second-order valence-electron chi connectivity index (χ2n) is 3.92. The van der Waals surface area contributed by atoms with Crippen LogP contribution in [0.5, 0.6) is 0 Å². The molecule has 0 bridgehead atoms. The maximum atomic E-state index is 11.8. The van der Waals surface area contributed by atoms with Gasteiger partial charge in [0, 0.05) is 19.6 Å². The Morgan fingerprint density at radius 3 is 2.87 bits per heavy atom. The lowest BCUT2D eigenvalue weighted by atomic mass is 10.1. The molecule has 1 saturated heterocycles. The number of benzene rings is 1. The van der Waals surface area contributed by atoms with Gasteiger partial charge < -0.3 is 10.2 Å². The molecule has 3 heteroatoms. The van der Waals surface area contributed by atoms with Crippen LogP contribution in [0.25, 0.3) is 0 Å². The first kappa shape index (κ1) is 10.2. The normalized spacial score (nSPS) is 21.8. The third-order valence-electron chi connectivity index (χ3n) is 2.73. The lowest BCUT2D eigenvalue weighted by Crippen LogP contribution is -2.53. The Bertz CT molecular complexity index is 337. The fraction of sp³-hybridized carbons (Fsp3) is 0.417. The predicted octanol–water partition coefficient (Wildman–Crippen LogP) is 1.01. The van der Waals surface area contributed by atoms with Gasteiger partial charge in [-0.3, -0.25) is 4.79 Å². The van der Waals surface area contributed by atoms with Crippen LogP contribution in [0, 0.1) is 0 Å². The van der Waals surface area contributed by atoms with E-state index in [0.29, 0.717) is 0 Å². The number of hydrogen-bond acceptors (Lipinski definition) is 2. The van der Waals surface area contributed by atoms with Crippen molar-refractivity contribution in [3.05, 3.63) is 35.9 Å². The van der Waals surface area contributed by atoms with Crippen LogP contribution in [-0.4, -0.2) is 29.9 Å². The molecular weight excluding hydrogens is 188 g/mol. The minimum absolute atomic E-state index is 0.0394. The molecule has 1 heterocycles. The van der Waals surface area contributed by atoms with Gasteiger partial charge >= 0.3 is 0 Å². The number of nitrogens with zero attached hydrogens (tertiary/aromatic N) is 1. The van der Waals surface area contributed by atoms with E-state index in [0.717, 1.165) is 19.6 Å². The predicted molar refractivity (Wildman–Crippen MR) is 59.3 cm³/mol. The van der Waals surface area contributed by atoms with Crippen LogP contribution in [0.2, 0.25) is 0 Å². The number of rotatable bonds is 2. The van der Waals surface area contributed by atoms with Crippen molar-refractivity contribution in [2.75, 3.05) is 13.1 Å². The molecule has 1 aliphatic heterocycles. The number of piperazine rings is 1. The Labute approximate surface area is 90.1 Å². The average Bonchev–Trinajstić information content (AvgIpc) is 2.26. The smallest absolute Gasteiger partial charge is 0.239 e. The molecule has 1 amide bonds. The summed E-state index contributed by atoms with van der Waals surface area (Å²) in [6, 6.07) is 10.1. The van der Waals surface area contributed by atoms with Gasteiger partial charge in [-0.1, -0.05) is 30.3 Å². The van der Waals surface area contributed by atoms with E-state index in [1.54, 1.807) is 0 Å². The number of carbonyl (C=O) groups is 1.